The van der Waals surface area contributed by atoms with E-state index in [1.807, 2.05) is 29.2 Å². The first-order valence-corrected chi connectivity index (χ1v) is 6.81. The van der Waals surface area contributed by atoms with Gasteiger partial charge in [0, 0.05) is 24.6 Å². The number of benzene rings is 1. The molecule has 0 fully saturated rings. The van der Waals surface area contributed by atoms with Gasteiger partial charge in [0.05, 0.1) is 0 Å². The average molecular weight is 272 g/mol. The zero-order valence-corrected chi connectivity index (χ0v) is 12.2. The molecule has 1 atom stereocenters. The highest BCUT2D eigenvalue weighted by atomic mass is 16.5. The van der Waals surface area contributed by atoms with Crippen molar-refractivity contribution in [3.63, 3.8) is 0 Å². The molecule has 0 aliphatic carbocycles. The lowest BCUT2D eigenvalue weighted by molar-refractivity contribution is 0.0588. The molecule has 106 valence electrons. The Morgan fingerprint density at radius 1 is 1.40 bits per heavy atom. The third-order valence-electron chi connectivity index (χ3n) is 3.91. The van der Waals surface area contributed by atoms with E-state index in [0.29, 0.717) is 19.7 Å². The number of ether oxygens (including phenoxy) is 1. The van der Waals surface area contributed by atoms with Gasteiger partial charge in [-0.05, 0) is 17.0 Å². The summed E-state index contributed by atoms with van der Waals surface area (Å²) in [4.78, 5) is 14.2. The number of amides is 1. The van der Waals surface area contributed by atoms with Gasteiger partial charge in [0.1, 0.15) is 6.61 Å². The van der Waals surface area contributed by atoms with Crippen molar-refractivity contribution in [3.8, 4) is 6.26 Å². The Hall–Kier alpha value is -2.02. The molecular weight excluding hydrogens is 252 g/mol. The summed E-state index contributed by atoms with van der Waals surface area (Å²) >= 11 is 0. The van der Waals surface area contributed by atoms with Crippen molar-refractivity contribution >= 4 is 5.91 Å². The number of fused-ring (bicyclic) bond motifs is 1. The molecule has 1 aliphatic rings. The van der Waals surface area contributed by atoms with E-state index in [9.17, 15) is 4.79 Å². The van der Waals surface area contributed by atoms with E-state index in [-0.39, 0.29) is 17.2 Å². The fourth-order valence-corrected chi connectivity index (χ4v) is 2.44. The maximum absolute atomic E-state index is 12.4. The molecule has 0 saturated carbocycles. The standard InChI is InChI=1S/C16H20N2O2/c1-16(2,3)13(10-20-11-17)9-18-8-12-6-4-5-7-14(12)15(18)19/h4-7,13H,8-10H2,1-3H3. The van der Waals surface area contributed by atoms with Gasteiger partial charge in [-0.2, -0.15) is 5.26 Å². The van der Waals surface area contributed by atoms with Gasteiger partial charge in [-0.1, -0.05) is 39.0 Å². The van der Waals surface area contributed by atoms with Crippen LogP contribution in [0.4, 0.5) is 0 Å². The normalized spacial score (nSPS) is 15.7. The van der Waals surface area contributed by atoms with E-state index in [1.54, 1.807) is 6.26 Å². The first-order valence-electron chi connectivity index (χ1n) is 6.81. The molecule has 1 aliphatic heterocycles. The van der Waals surface area contributed by atoms with Crippen molar-refractivity contribution in [1.29, 1.82) is 5.26 Å². The summed E-state index contributed by atoms with van der Waals surface area (Å²) in [6.45, 7) is 7.91. The molecule has 0 N–H and O–H groups in total. The molecule has 0 aromatic heterocycles. The molecule has 1 aromatic carbocycles. The number of carbonyl (C=O) groups excluding carboxylic acids is 1. The molecule has 1 heterocycles. The summed E-state index contributed by atoms with van der Waals surface area (Å²) in [6.07, 6.45) is 1.72. The van der Waals surface area contributed by atoms with Crippen molar-refractivity contribution in [2.45, 2.75) is 27.3 Å². The van der Waals surface area contributed by atoms with E-state index in [0.717, 1.165) is 11.1 Å². The molecule has 0 spiro atoms. The first kappa shape index (κ1) is 14.4. The van der Waals surface area contributed by atoms with Gasteiger partial charge in [0.2, 0.25) is 0 Å². The minimum absolute atomic E-state index is 0.0219. The maximum Gasteiger partial charge on any atom is 0.286 e. The zero-order valence-electron chi connectivity index (χ0n) is 12.2. The summed E-state index contributed by atoms with van der Waals surface area (Å²) in [5.41, 5.74) is 1.85. The molecule has 1 aromatic rings. The summed E-state index contributed by atoms with van der Waals surface area (Å²) in [7, 11) is 0. The van der Waals surface area contributed by atoms with Crippen molar-refractivity contribution < 1.29 is 9.53 Å². The van der Waals surface area contributed by atoms with Crippen LogP contribution in [0.15, 0.2) is 24.3 Å². The molecule has 2 rings (SSSR count). The number of nitriles is 1. The third-order valence-corrected chi connectivity index (χ3v) is 3.91. The Balaban J connectivity index is 2.10. The highest BCUT2D eigenvalue weighted by Crippen LogP contribution is 2.30. The summed E-state index contributed by atoms with van der Waals surface area (Å²) in [5, 5.41) is 8.58. The zero-order chi connectivity index (χ0) is 14.8. The Bertz CT molecular complexity index is 540. The number of hydrogen-bond donors (Lipinski definition) is 0. The van der Waals surface area contributed by atoms with Crippen LogP contribution in [0.1, 0.15) is 36.7 Å². The average Bonchev–Trinajstić information content (AvgIpc) is 2.70. The summed E-state index contributed by atoms with van der Waals surface area (Å²) in [6, 6.07) is 7.70. The van der Waals surface area contributed by atoms with Crippen molar-refractivity contribution in [1.82, 2.24) is 4.90 Å². The van der Waals surface area contributed by atoms with Gasteiger partial charge in [-0.25, -0.2) is 0 Å². The Morgan fingerprint density at radius 2 is 2.10 bits per heavy atom. The van der Waals surface area contributed by atoms with Gasteiger partial charge < -0.3 is 9.64 Å². The van der Waals surface area contributed by atoms with Crippen LogP contribution in [0.25, 0.3) is 0 Å². The fourth-order valence-electron chi connectivity index (χ4n) is 2.44. The predicted octanol–water partition coefficient (Wildman–Crippen LogP) is 2.80. The number of rotatable bonds is 4. The van der Waals surface area contributed by atoms with Crippen LogP contribution in [0.2, 0.25) is 0 Å². The van der Waals surface area contributed by atoms with E-state index in [4.69, 9.17) is 10.00 Å². The lowest BCUT2D eigenvalue weighted by atomic mass is 9.81. The van der Waals surface area contributed by atoms with Crippen LogP contribution in [-0.2, 0) is 11.3 Å². The highest BCUT2D eigenvalue weighted by molar-refractivity contribution is 5.98. The van der Waals surface area contributed by atoms with Crippen molar-refractivity contribution in [2.24, 2.45) is 11.3 Å². The topological polar surface area (TPSA) is 53.3 Å². The fraction of sp³-hybridized carbons (Fsp3) is 0.500. The maximum atomic E-state index is 12.4. The Morgan fingerprint density at radius 3 is 2.70 bits per heavy atom. The van der Waals surface area contributed by atoms with E-state index in [1.165, 1.54) is 0 Å². The second-order valence-electron chi connectivity index (χ2n) is 6.31. The van der Waals surface area contributed by atoms with E-state index < -0.39 is 0 Å². The Labute approximate surface area is 120 Å². The summed E-state index contributed by atoms with van der Waals surface area (Å²) < 4.78 is 4.91. The molecule has 0 bridgehead atoms. The smallest absolute Gasteiger partial charge is 0.286 e. The third kappa shape index (κ3) is 2.93. The molecular formula is C16H20N2O2. The van der Waals surface area contributed by atoms with Gasteiger partial charge in [-0.15, -0.1) is 0 Å². The molecule has 4 heteroatoms. The van der Waals surface area contributed by atoms with E-state index >= 15 is 0 Å². The molecule has 4 nitrogen and oxygen atoms in total. The minimum atomic E-state index is -0.0219. The quantitative estimate of drug-likeness (QED) is 0.792. The van der Waals surface area contributed by atoms with Gasteiger partial charge in [-0.3, -0.25) is 4.79 Å². The van der Waals surface area contributed by atoms with Crippen molar-refractivity contribution in [2.75, 3.05) is 13.2 Å². The van der Waals surface area contributed by atoms with Gasteiger partial charge >= 0.3 is 0 Å². The number of nitrogens with zero attached hydrogens (tertiary/aromatic N) is 2. The van der Waals surface area contributed by atoms with Crippen molar-refractivity contribution in [3.05, 3.63) is 35.4 Å². The van der Waals surface area contributed by atoms with Crippen LogP contribution in [0, 0.1) is 22.9 Å². The van der Waals surface area contributed by atoms with Crippen LogP contribution in [0.5, 0.6) is 0 Å². The summed E-state index contributed by atoms with van der Waals surface area (Å²) in [5.74, 6) is 0.201. The second kappa shape index (κ2) is 5.54. The SMILES string of the molecule is CC(C)(C)C(COC#N)CN1Cc2ccccc2C1=O. The van der Waals surface area contributed by atoms with Crippen LogP contribution in [-0.4, -0.2) is 24.0 Å². The predicted molar refractivity (Wildman–Crippen MR) is 75.7 cm³/mol. The van der Waals surface area contributed by atoms with Gasteiger partial charge in [0.25, 0.3) is 12.2 Å². The molecule has 0 radical (unpaired) electrons. The molecule has 0 saturated heterocycles. The first-order chi connectivity index (χ1) is 9.43. The largest absolute Gasteiger partial charge is 0.427 e. The van der Waals surface area contributed by atoms with E-state index in [2.05, 4.69) is 20.8 Å². The van der Waals surface area contributed by atoms with Crippen LogP contribution < -0.4 is 0 Å². The Kier molecular flexibility index (Phi) is 3.99. The highest BCUT2D eigenvalue weighted by Gasteiger charge is 2.33. The molecule has 1 unspecified atom stereocenters. The molecule has 1 amide bonds. The number of hydrogen-bond acceptors (Lipinski definition) is 3. The second-order valence-corrected chi connectivity index (χ2v) is 6.31. The lowest BCUT2D eigenvalue weighted by Gasteiger charge is -2.32. The number of carbonyl (C=O) groups is 1. The lowest BCUT2D eigenvalue weighted by Crippen LogP contribution is -2.38. The minimum Gasteiger partial charge on any atom is -0.427 e. The van der Waals surface area contributed by atoms with Gasteiger partial charge in [0.15, 0.2) is 0 Å². The van der Waals surface area contributed by atoms with Crippen LogP contribution in [0.3, 0.4) is 0 Å². The van der Waals surface area contributed by atoms with Crippen LogP contribution >= 0.6 is 0 Å². The monoisotopic (exact) mass is 272 g/mol. The molecule has 20 heavy (non-hydrogen) atoms.